The summed E-state index contributed by atoms with van der Waals surface area (Å²) in [6.07, 6.45) is 0. The van der Waals surface area contributed by atoms with Crippen molar-refractivity contribution in [3.63, 3.8) is 0 Å². The molecule has 1 atom stereocenters. The number of phenolic OH excluding ortho intramolecular Hbond substituents is 1. The van der Waals surface area contributed by atoms with Crippen LogP contribution in [0, 0.1) is 0 Å². The zero-order valence-corrected chi connectivity index (χ0v) is 19.9. The van der Waals surface area contributed by atoms with E-state index in [1.807, 2.05) is 30.3 Å². The van der Waals surface area contributed by atoms with Crippen LogP contribution in [0.15, 0.2) is 96.6 Å². The molecular formula is C30H23NO6. The van der Waals surface area contributed by atoms with E-state index in [2.05, 4.69) is 0 Å². The zero-order chi connectivity index (χ0) is 26.1. The van der Waals surface area contributed by atoms with Crippen LogP contribution in [0.4, 0.5) is 0 Å². The number of rotatable bonds is 5. The number of hydrogen-bond donors (Lipinski definition) is 2. The molecule has 0 aromatic heterocycles. The average Bonchev–Trinajstić information content (AvgIpc) is 3.17. The molecule has 7 heteroatoms. The van der Waals surface area contributed by atoms with Gasteiger partial charge in [-0.25, -0.2) is 4.79 Å². The number of amides is 1. The standard InChI is InChI=1S/C30H23NO6/c1-37-30(36)20-14-12-18(13-15-20)17-31-26(21-8-4-9-22(32)16-21)25(28(34)29(31)35)27(33)24-11-5-7-19-6-2-3-10-23(19)24/h2-16,26,32-33H,17H2,1H3/b27-25-. The number of fused-ring (bicyclic) bond motifs is 1. The van der Waals surface area contributed by atoms with E-state index < -0.39 is 23.7 Å². The summed E-state index contributed by atoms with van der Waals surface area (Å²) >= 11 is 0. The third-order valence-corrected chi connectivity index (χ3v) is 6.50. The molecule has 1 fully saturated rings. The van der Waals surface area contributed by atoms with Gasteiger partial charge in [0.15, 0.2) is 0 Å². The average molecular weight is 494 g/mol. The SMILES string of the molecule is COC(=O)c1ccc(CN2C(=O)C(=O)/C(=C(\O)c3cccc4ccccc34)C2c2cccc(O)c2)cc1. The van der Waals surface area contributed by atoms with Crippen LogP contribution in [0.5, 0.6) is 5.75 Å². The van der Waals surface area contributed by atoms with Gasteiger partial charge in [-0.15, -0.1) is 0 Å². The summed E-state index contributed by atoms with van der Waals surface area (Å²) in [4.78, 5) is 39.8. The van der Waals surface area contributed by atoms with E-state index in [9.17, 15) is 24.6 Å². The Hall–Kier alpha value is -4.91. The lowest BCUT2D eigenvalue weighted by Crippen LogP contribution is -2.29. The molecule has 1 aliphatic heterocycles. The van der Waals surface area contributed by atoms with Gasteiger partial charge in [-0.05, 0) is 46.2 Å². The van der Waals surface area contributed by atoms with Gasteiger partial charge in [0.25, 0.3) is 11.7 Å². The number of carbonyl (C=O) groups is 3. The molecule has 1 heterocycles. The molecule has 5 rings (SSSR count). The van der Waals surface area contributed by atoms with Crippen molar-refractivity contribution in [3.05, 3.63) is 119 Å². The molecule has 0 saturated carbocycles. The molecule has 4 aromatic carbocycles. The Bertz CT molecular complexity index is 1570. The van der Waals surface area contributed by atoms with Gasteiger partial charge in [-0.2, -0.15) is 0 Å². The van der Waals surface area contributed by atoms with Crippen LogP contribution in [0.25, 0.3) is 16.5 Å². The summed E-state index contributed by atoms with van der Waals surface area (Å²) in [6, 6.07) is 24.7. The molecule has 0 radical (unpaired) electrons. The van der Waals surface area contributed by atoms with Crippen LogP contribution in [-0.4, -0.2) is 39.9 Å². The number of likely N-dealkylation sites (tertiary alicyclic amines) is 1. The van der Waals surface area contributed by atoms with Crippen molar-refractivity contribution in [3.8, 4) is 5.75 Å². The van der Waals surface area contributed by atoms with Crippen molar-refractivity contribution in [2.75, 3.05) is 7.11 Å². The third kappa shape index (κ3) is 4.31. The van der Waals surface area contributed by atoms with Gasteiger partial charge in [-0.1, -0.05) is 66.7 Å². The molecule has 1 unspecified atom stereocenters. The van der Waals surface area contributed by atoms with Crippen LogP contribution in [0.2, 0.25) is 0 Å². The first-order chi connectivity index (χ1) is 17.9. The molecule has 0 spiro atoms. The van der Waals surface area contributed by atoms with Crippen molar-refractivity contribution in [2.24, 2.45) is 0 Å². The minimum Gasteiger partial charge on any atom is -0.508 e. The Morgan fingerprint density at radius 1 is 0.919 bits per heavy atom. The summed E-state index contributed by atoms with van der Waals surface area (Å²) in [5.41, 5.74) is 1.88. The summed E-state index contributed by atoms with van der Waals surface area (Å²) in [5, 5.41) is 23.3. The second-order valence-corrected chi connectivity index (χ2v) is 8.74. The third-order valence-electron chi connectivity index (χ3n) is 6.50. The highest BCUT2D eigenvalue weighted by atomic mass is 16.5. The lowest BCUT2D eigenvalue weighted by Gasteiger charge is -2.25. The predicted molar refractivity (Wildman–Crippen MR) is 138 cm³/mol. The molecule has 4 aromatic rings. The fraction of sp³-hybridized carbons (Fsp3) is 0.100. The molecule has 1 aliphatic rings. The molecule has 7 nitrogen and oxygen atoms in total. The number of benzene rings is 4. The smallest absolute Gasteiger partial charge is 0.337 e. The van der Waals surface area contributed by atoms with Gasteiger partial charge < -0.3 is 19.8 Å². The Kier molecular flexibility index (Phi) is 6.19. The van der Waals surface area contributed by atoms with Crippen LogP contribution in [-0.2, 0) is 20.9 Å². The number of aliphatic hydroxyl groups is 1. The maximum absolute atomic E-state index is 13.4. The van der Waals surface area contributed by atoms with Gasteiger partial charge in [0.2, 0.25) is 0 Å². The highest BCUT2D eigenvalue weighted by Gasteiger charge is 2.46. The number of Topliss-reactive ketones (excluding diaryl/α,β-unsaturated/α-hetero) is 1. The largest absolute Gasteiger partial charge is 0.508 e. The summed E-state index contributed by atoms with van der Waals surface area (Å²) in [7, 11) is 1.29. The number of carbonyl (C=O) groups excluding carboxylic acids is 3. The highest BCUT2D eigenvalue weighted by Crippen LogP contribution is 2.42. The van der Waals surface area contributed by atoms with E-state index in [4.69, 9.17) is 4.74 Å². The van der Waals surface area contributed by atoms with E-state index in [1.165, 1.54) is 24.1 Å². The topological polar surface area (TPSA) is 104 Å². The monoisotopic (exact) mass is 493 g/mol. The van der Waals surface area contributed by atoms with Crippen molar-refractivity contribution in [1.82, 2.24) is 4.90 Å². The number of hydrogen-bond acceptors (Lipinski definition) is 6. The Morgan fingerprint density at radius 3 is 2.35 bits per heavy atom. The van der Waals surface area contributed by atoms with Crippen LogP contribution >= 0.6 is 0 Å². The fourth-order valence-electron chi connectivity index (χ4n) is 4.72. The number of nitrogens with zero attached hydrogens (tertiary/aromatic N) is 1. The van der Waals surface area contributed by atoms with E-state index in [1.54, 1.807) is 48.5 Å². The van der Waals surface area contributed by atoms with Crippen molar-refractivity contribution in [2.45, 2.75) is 12.6 Å². The van der Waals surface area contributed by atoms with Gasteiger partial charge in [-0.3, -0.25) is 9.59 Å². The lowest BCUT2D eigenvalue weighted by atomic mass is 9.93. The van der Waals surface area contributed by atoms with Crippen LogP contribution < -0.4 is 0 Å². The number of ether oxygens (including phenoxy) is 1. The molecule has 1 saturated heterocycles. The number of ketones is 1. The molecule has 0 bridgehead atoms. The van der Waals surface area contributed by atoms with Crippen molar-refractivity contribution >= 4 is 34.2 Å². The van der Waals surface area contributed by atoms with Crippen molar-refractivity contribution in [1.29, 1.82) is 0 Å². The zero-order valence-electron chi connectivity index (χ0n) is 19.9. The van der Waals surface area contributed by atoms with E-state index in [-0.39, 0.29) is 23.6 Å². The molecule has 1 amide bonds. The Labute approximate surface area is 212 Å². The molecule has 184 valence electrons. The Balaban J connectivity index is 1.64. The second kappa shape index (κ2) is 9.62. The molecule has 0 aliphatic carbocycles. The van der Waals surface area contributed by atoms with Crippen molar-refractivity contribution < 1.29 is 29.3 Å². The number of aromatic hydroxyl groups is 1. The fourth-order valence-corrected chi connectivity index (χ4v) is 4.72. The Morgan fingerprint density at radius 2 is 1.62 bits per heavy atom. The number of aliphatic hydroxyl groups excluding tert-OH is 1. The van der Waals surface area contributed by atoms with Gasteiger partial charge >= 0.3 is 5.97 Å². The molecular weight excluding hydrogens is 470 g/mol. The minimum atomic E-state index is -0.939. The molecule has 2 N–H and O–H groups in total. The van der Waals surface area contributed by atoms with Crippen LogP contribution in [0.3, 0.4) is 0 Å². The number of methoxy groups -OCH3 is 1. The van der Waals surface area contributed by atoms with Crippen LogP contribution in [0.1, 0.15) is 33.1 Å². The summed E-state index contributed by atoms with van der Waals surface area (Å²) in [5.74, 6) is -2.39. The first kappa shape index (κ1) is 23.8. The van der Waals surface area contributed by atoms with E-state index in [0.717, 1.165) is 10.8 Å². The highest BCUT2D eigenvalue weighted by molar-refractivity contribution is 6.46. The van der Waals surface area contributed by atoms with E-state index in [0.29, 0.717) is 22.3 Å². The lowest BCUT2D eigenvalue weighted by molar-refractivity contribution is -0.140. The number of phenols is 1. The van der Waals surface area contributed by atoms with Gasteiger partial charge in [0.05, 0.1) is 24.3 Å². The normalized spacial score (nSPS) is 16.8. The first-order valence-corrected chi connectivity index (χ1v) is 11.6. The van der Waals surface area contributed by atoms with Gasteiger partial charge in [0.1, 0.15) is 11.5 Å². The maximum Gasteiger partial charge on any atom is 0.337 e. The minimum absolute atomic E-state index is 0.0318. The number of esters is 1. The first-order valence-electron chi connectivity index (χ1n) is 11.6. The molecule has 37 heavy (non-hydrogen) atoms. The summed E-state index contributed by atoms with van der Waals surface area (Å²) < 4.78 is 4.73. The van der Waals surface area contributed by atoms with E-state index >= 15 is 0 Å². The maximum atomic E-state index is 13.4. The predicted octanol–water partition coefficient (Wildman–Crippen LogP) is 4.95. The quantitative estimate of drug-likeness (QED) is 0.176. The second-order valence-electron chi connectivity index (χ2n) is 8.74. The van der Waals surface area contributed by atoms with Gasteiger partial charge in [0, 0.05) is 12.1 Å². The summed E-state index contributed by atoms with van der Waals surface area (Å²) in [6.45, 7) is 0.0403.